The Balaban J connectivity index is 1.84. The Kier molecular flexibility index (Phi) is 8.96. The molecule has 0 saturated carbocycles. The summed E-state index contributed by atoms with van der Waals surface area (Å²) in [6.07, 6.45) is -4.20. The number of hydrogen-bond acceptors (Lipinski definition) is 7. The summed E-state index contributed by atoms with van der Waals surface area (Å²) in [5.41, 5.74) is -1.56. The molecule has 4 aromatic rings. The van der Waals surface area contributed by atoms with Crippen LogP contribution in [0.2, 0.25) is 0 Å². The second-order valence-electron chi connectivity index (χ2n) is 9.63. The van der Waals surface area contributed by atoms with E-state index >= 15 is 0 Å². The number of alkyl halides is 3. The van der Waals surface area contributed by atoms with E-state index in [-0.39, 0.29) is 34.7 Å². The topological polar surface area (TPSA) is 126 Å². The molecule has 2 aromatic carbocycles. The maximum absolute atomic E-state index is 13.9. The molecular formula is C29H25F4N5O4S. The number of benzene rings is 2. The molecule has 0 fully saturated rings. The molecule has 2 aromatic heterocycles. The van der Waals surface area contributed by atoms with Crippen molar-refractivity contribution in [2.24, 2.45) is 0 Å². The molecule has 1 unspecified atom stereocenters. The largest absolute Gasteiger partial charge is 0.419 e. The van der Waals surface area contributed by atoms with E-state index in [0.29, 0.717) is 23.4 Å². The lowest BCUT2D eigenvalue weighted by atomic mass is 10.1. The molecule has 43 heavy (non-hydrogen) atoms. The van der Waals surface area contributed by atoms with Gasteiger partial charge in [0.2, 0.25) is 5.91 Å². The molecule has 9 nitrogen and oxygen atoms in total. The number of amides is 1. The minimum Gasteiger partial charge on any atom is -0.331 e. The fraction of sp³-hybridized carbons (Fsp3) is 0.276. The predicted octanol–water partition coefficient (Wildman–Crippen LogP) is 4.38. The lowest BCUT2D eigenvalue weighted by Gasteiger charge is -2.30. The normalized spacial score (nSPS) is 12.6. The Hall–Kier alpha value is -4.64. The van der Waals surface area contributed by atoms with Gasteiger partial charge in [0, 0.05) is 18.5 Å². The number of nitrogens with zero attached hydrogens (tertiary/aromatic N) is 5. The lowest BCUT2D eigenvalue weighted by molar-refractivity contribution is -0.140. The zero-order valence-electron chi connectivity index (χ0n) is 23.0. The molecule has 2 heterocycles. The number of pyridine rings is 1. The second-order valence-corrected chi connectivity index (χ2v) is 12.1. The van der Waals surface area contributed by atoms with Crippen LogP contribution in [0.25, 0.3) is 16.7 Å². The molecule has 14 heteroatoms. The average Bonchev–Trinajstić information content (AvgIpc) is 2.97. The van der Waals surface area contributed by atoms with E-state index < -0.39 is 57.1 Å². The van der Waals surface area contributed by atoms with Gasteiger partial charge in [-0.1, -0.05) is 13.0 Å². The Morgan fingerprint density at radius 3 is 2.47 bits per heavy atom. The van der Waals surface area contributed by atoms with Gasteiger partial charge < -0.3 is 4.90 Å². The zero-order chi connectivity index (χ0) is 31.5. The molecule has 1 amide bonds. The number of hydrogen-bond donors (Lipinski definition) is 0. The Bertz CT molecular complexity index is 1880. The van der Waals surface area contributed by atoms with E-state index in [4.69, 9.17) is 0 Å². The van der Waals surface area contributed by atoms with E-state index in [1.54, 1.807) is 6.07 Å². The standard InChI is InChI=1S/C29H25F4N5O4S/c1-3-43(41,42)14-13-37(25(39)16-20-8-11-24(30)23(15-20)29(31,32)33)18(2)27-36-26-22(5-4-12-35-26)28(40)38(27)21-9-6-19(17-34)7-10-21/h4-12,15,18H,3,13-14,16H2,1-2H3. The van der Waals surface area contributed by atoms with E-state index in [2.05, 4.69) is 9.97 Å². The number of halogens is 4. The maximum Gasteiger partial charge on any atom is 0.419 e. The maximum atomic E-state index is 13.9. The van der Waals surface area contributed by atoms with Crippen LogP contribution in [0.1, 0.15) is 42.4 Å². The number of fused-ring (bicyclic) bond motifs is 1. The summed E-state index contributed by atoms with van der Waals surface area (Å²) < 4.78 is 79.8. The van der Waals surface area contributed by atoms with Crippen LogP contribution in [0.3, 0.4) is 0 Å². The Morgan fingerprint density at radius 1 is 1.14 bits per heavy atom. The van der Waals surface area contributed by atoms with Crippen molar-refractivity contribution in [3.05, 3.63) is 99.5 Å². The molecule has 1 atom stereocenters. The summed E-state index contributed by atoms with van der Waals surface area (Å²) in [5, 5.41) is 9.35. The fourth-order valence-electron chi connectivity index (χ4n) is 4.48. The first kappa shape index (κ1) is 31.3. The van der Waals surface area contributed by atoms with Gasteiger partial charge in [0.15, 0.2) is 15.5 Å². The van der Waals surface area contributed by atoms with Crippen molar-refractivity contribution < 1.29 is 30.8 Å². The van der Waals surface area contributed by atoms with Crippen molar-refractivity contribution in [3.63, 3.8) is 0 Å². The van der Waals surface area contributed by atoms with Crippen LogP contribution in [0.4, 0.5) is 17.6 Å². The molecule has 224 valence electrons. The first-order valence-electron chi connectivity index (χ1n) is 13.0. The minimum atomic E-state index is -5.00. The van der Waals surface area contributed by atoms with Gasteiger partial charge in [0.25, 0.3) is 5.56 Å². The summed E-state index contributed by atoms with van der Waals surface area (Å²) in [6, 6.07) is 12.1. The molecule has 0 spiro atoms. The minimum absolute atomic E-state index is 0.00163. The summed E-state index contributed by atoms with van der Waals surface area (Å²) >= 11 is 0. The predicted molar refractivity (Wildman–Crippen MR) is 149 cm³/mol. The Morgan fingerprint density at radius 2 is 1.84 bits per heavy atom. The summed E-state index contributed by atoms with van der Waals surface area (Å²) in [5.74, 6) is -2.96. The second kappa shape index (κ2) is 12.3. The molecule has 4 rings (SSSR count). The molecule has 0 bridgehead atoms. The molecule has 0 N–H and O–H groups in total. The number of carbonyl (C=O) groups excluding carboxylic acids is 1. The van der Waals surface area contributed by atoms with Gasteiger partial charge in [0.1, 0.15) is 11.6 Å². The number of sulfone groups is 1. The first-order valence-corrected chi connectivity index (χ1v) is 14.8. The monoisotopic (exact) mass is 615 g/mol. The third-order valence-corrected chi connectivity index (χ3v) is 8.54. The number of aromatic nitrogens is 3. The van der Waals surface area contributed by atoms with Crippen molar-refractivity contribution in [1.82, 2.24) is 19.4 Å². The molecule has 0 aliphatic rings. The molecule has 0 radical (unpaired) electrons. The van der Waals surface area contributed by atoms with Crippen LogP contribution in [0, 0.1) is 17.1 Å². The third-order valence-electron chi connectivity index (χ3n) is 6.86. The highest BCUT2D eigenvalue weighted by Gasteiger charge is 2.35. The smallest absolute Gasteiger partial charge is 0.331 e. The van der Waals surface area contributed by atoms with Crippen LogP contribution in [0.15, 0.2) is 65.6 Å². The van der Waals surface area contributed by atoms with E-state index in [0.717, 1.165) is 11.0 Å². The zero-order valence-corrected chi connectivity index (χ0v) is 23.8. The van der Waals surface area contributed by atoms with E-state index in [1.165, 1.54) is 54.9 Å². The van der Waals surface area contributed by atoms with Crippen LogP contribution >= 0.6 is 0 Å². The van der Waals surface area contributed by atoms with Gasteiger partial charge in [-0.25, -0.2) is 22.8 Å². The molecular weight excluding hydrogens is 590 g/mol. The van der Waals surface area contributed by atoms with Crippen molar-refractivity contribution >= 4 is 26.8 Å². The van der Waals surface area contributed by atoms with E-state index in [9.17, 15) is 40.8 Å². The highest BCUT2D eigenvalue weighted by molar-refractivity contribution is 7.91. The highest BCUT2D eigenvalue weighted by atomic mass is 32.2. The Labute approximate surface area is 244 Å². The van der Waals surface area contributed by atoms with Crippen molar-refractivity contribution in [2.75, 3.05) is 18.1 Å². The van der Waals surface area contributed by atoms with Crippen LogP contribution < -0.4 is 5.56 Å². The van der Waals surface area contributed by atoms with Crippen molar-refractivity contribution in [3.8, 4) is 11.8 Å². The number of nitriles is 1. The van der Waals surface area contributed by atoms with Crippen LogP contribution in [-0.2, 0) is 27.2 Å². The summed E-state index contributed by atoms with van der Waals surface area (Å²) in [4.78, 5) is 37.1. The fourth-order valence-corrected chi connectivity index (χ4v) is 5.25. The third kappa shape index (κ3) is 6.89. The van der Waals surface area contributed by atoms with Crippen LogP contribution in [0.5, 0.6) is 0 Å². The van der Waals surface area contributed by atoms with Gasteiger partial charge in [-0.3, -0.25) is 14.2 Å². The van der Waals surface area contributed by atoms with Crippen molar-refractivity contribution in [2.45, 2.75) is 32.5 Å². The quantitative estimate of drug-likeness (QED) is 0.256. The molecule has 0 aliphatic carbocycles. The van der Waals surface area contributed by atoms with Gasteiger partial charge in [0.05, 0.1) is 46.5 Å². The van der Waals surface area contributed by atoms with Gasteiger partial charge in [-0.2, -0.15) is 18.4 Å². The molecule has 0 saturated heterocycles. The first-order chi connectivity index (χ1) is 20.3. The van der Waals surface area contributed by atoms with Crippen LogP contribution in [-0.4, -0.2) is 51.8 Å². The van der Waals surface area contributed by atoms with Crippen molar-refractivity contribution in [1.29, 1.82) is 5.26 Å². The average molecular weight is 616 g/mol. The number of rotatable bonds is 9. The van der Waals surface area contributed by atoms with Gasteiger partial charge in [-0.15, -0.1) is 0 Å². The van der Waals surface area contributed by atoms with Gasteiger partial charge >= 0.3 is 6.18 Å². The van der Waals surface area contributed by atoms with E-state index in [1.807, 2.05) is 6.07 Å². The summed E-state index contributed by atoms with van der Waals surface area (Å²) in [7, 11) is -3.61. The summed E-state index contributed by atoms with van der Waals surface area (Å²) in [6.45, 7) is 2.56. The lowest BCUT2D eigenvalue weighted by Crippen LogP contribution is -2.41. The molecule has 0 aliphatic heterocycles. The number of carbonyl (C=O) groups is 1. The SMILES string of the molecule is CCS(=O)(=O)CCN(C(=O)Cc1ccc(F)c(C(F)(F)F)c1)C(C)c1nc2ncccc2c(=O)n1-c1ccc(C#N)cc1. The highest BCUT2D eigenvalue weighted by Crippen LogP contribution is 2.32. The van der Waals surface area contributed by atoms with Gasteiger partial charge in [-0.05, 0) is 61.0 Å².